The number of hydrogen-bond acceptors (Lipinski definition) is 5. The van der Waals surface area contributed by atoms with Crippen LogP contribution in [0.1, 0.15) is 10.5 Å². The van der Waals surface area contributed by atoms with Crippen LogP contribution in [0.15, 0.2) is 47.4 Å². The Balaban J connectivity index is 2.41. The van der Waals surface area contributed by atoms with E-state index in [0.717, 1.165) is 13.2 Å². The molecule has 3 rings (SSSR count). The number of rotatable bonds is 3. The van der Waals surface area contributed by atoms with Crippen molar-refractivity contribution < 1.29 is 22.3 Å². The molecule has 3 aromatic rings. The van der Waals surface area contributed by atoms with Crippen LogP contribution < -0.4 is 0 Å². The summed E-state index contributed by atoms with van der Waals surface area (Å²) in [6.45, 7) is 0. The Morgan fingerprint density at radius 3 is 2.54 bits per heavy atom. The molecule has 0 spiro atoms. The lowest BCUT2D eigenvalue weighted by Crippen LogP contribution is -2.19. The number of hydrogen-bond donors (Lipinski definition) is 0. The molecule has 1 aromatic carbocycles. The van der Waals surface area contributed by atoms with Gasteiger partial charge in [-0.3, -0.25) is 0 Å². The van der Waals surface area contributed by atoms with Gasteiger partial charge in [0.15, 0.2) is 16.6 Å². The Morgan fingerprint density at radius 1 is 1.25 bits per heavy atom. The molecule has 0 N–H and O–H groups in total. The fourth-order valence-corrected chi connectivity index (χ4v) is 3.85. The molecule has 2 heterocycles. The van der Waals surface area contributed by atoms with E-state index >= 15 is 0 Å². The SMILES string of the molecule is COC(=O)c1cc2cc(F)c(Cl)nc2n1S(=O)(=O)c1ccccc1. The van der Waals surface area contributed by atoms with Crippen LogP contribution in [0.25, 0.3) is 11.0 Å². The third-order valence-electron chi connectivity index (χ3n) is 3.32. The molecule has 0 unspecified atom stereocenters. The van der Waals surface area contributed by atoms with Gasteiger partial charge in [0.25, 0.3) is 10.0 Å². The number of fused-ring (bicyclic) bond motifs is 1. The number of methoxy groups -OCH3 is 1. The Labute approximate surface area is 141 Å². The van der Waals surface area contributed by atoms with E-state index in [1.54, 1.807) is 6.07 Å². The molecule has 2 aromatic heterocycles. The maximum absolute atomic E-state index is 13.6. The van der Waals surface area contributed by atoms with Gasteiger partial charge < -0.3 is 4.74 Å². The highest BCUT2D eigenvalue weighted by Gasteiger charge is 2.28. The van der Waals surface area contributed by atoms with Crippen LogP contribution in [0, 0.1) is 5.82 Å². The summed E-state index contributed by atoms with van der Waals surface area (Å²) >= 11 is 5.67. The average Bonchev–Trinajstić information content (AvgIpc) is 2.94. The molecule has 0 radical (unpaired) electrons. The number of carbonyl (C=O) groups excluding carboxylic acids is 1. The molecular formula is C15H10ClFN2O4S. The van der Waals surface area contributed by atoms with Crippen LogP contribution >= 0.6 is 11.6 Å². The highest BCUT2D eigenvalue weighted by atomic mass is 35.5. The Bertz CT molecular complexity index is 1050. The minimum absolute atomic E-state index is 0.0603. The molecule has 0 bridgehead atoms. The van der Waals surface area contributed by atoms with E-state index in [-0.39, 0.29) is 21.6 Å². The van der Waals surface area contributed by atoms with Gasteiger partial charge in [-0.2, -0.15) is 0 Å². The lowest BCUT2D eigenvalue weighted by atomic mass is 10.3. The zero-order chi connectivity index (χ0) is 17.5. The number of halogens is 2. The van der Waals surface area contributed by atoms with Crippen LogP contribution in [0.3, 0.4) is 0 Å². The second kappa shape index (κ2) is 5.88. The lowest BCUT2D eigenvalue weighted by molar-refractivity contribution is 0.0593. The van der Waals surface area contributed by atoms with Crippen LogP contribution in [0.5, 0.6) is 0 Å². The van der Waals surface area contributed by atoms with Gasteiger partial charge >= 0.3 is 5.97 Å². The smallest absolute Gasteiger partial charge is 0.355 e. The quantitative estimate of drug-likeness (QED) is 0.524. The van der Waals surface area contributed by atoms with E-state index in [1.165, 1.54) is 30.3 Å². The minimum Gasteiger partial charge on any atom is -0.464 e. The second-order valence-corrected chi connectivity index (χ2v) is 6.92. The predicted molar refractivity (Wildman–Crippen MR) is 85.1 cm³/mol. The Morgan fingerprint density at radius 2 is 1.92 bits per heavy atom. The molecule has 0 aliphatic heterocycles. The summed E-state index contributed by atoms with van der Waals surface area (Å²) in [5.41, 5.74) is -0.462. The van der Waals surface area contributed by atoms with Gasteiger partial charge in [-0.1, -0.05) is 29.8 Å². The molecule has 0 aliphatic carbocycles. The molecule has 9 heteroatoms. The van der Waals surface area contributed by atoms with Crippen molar-refractivity contribution >= 4 is 38.6 Å². The van der Waals surface area contributed by atoms with Gasteiger partial charge in [-0.15, -0.1) is 0 Å². The number of aromatic nitrogens is 2. The van der Waals surface area contributed by atoms with Crippen LogP contribution in [-0.2, 0) is 14.8 Å². The number of nitrogens with zero attached hydrogens (tertiary/aromatic N) is 2. The summed E-state index contributed by atoms with van der Waals surface area (Å²) in [7, 11) is -3.05. The summed E-state index contributed by atoms with van der Waals surface area (Å²) in [5, 5.41) is -0.390. The first-order valence-electron chi connectivity index (χ1n) is 6.62. The Hall–Kier alpha value is -2.45. The van der Waals surface area contributed by atoms with E-state index < -0.39 is 27.0 Å². The highest BCUT2D eigenvalue weighted by Crippen LogP contribution is 2.27. The number of carbonyl (C=O) groups is 1. The maximum atomic E-state index is 13.6. The second-order valence-electron chi connectivity index (χ2n) is 4.78. The highest BCUT2D eigenvalue weighted by molar-refractivity contribution is 7.90. The molecule has 0 fully saturated rings. The number of esters is 1. The van der Waals surface area contributed by atoms with Gasteiger partial charge in [0.2, 0.25) is 0 Å². The standard InChI is InChI=1S/C15H10ClFN2O4S/c1-23-15(20)12-8-9-7-11(17)13(16)18-14(9)19(12)24(21,22)10-5-3-2-4-6-10/h2-8H,1H3. The molecule has 124 valence electrons. The first-order chi connectivity index (χ1) is 11.4. The molecule has 0 saturated heterocycles. The van der Waals surface area contributed by atoms with Gasteiger partial charge in [0.05, 0.1) is 12.0 Å². The van der Waals surface area contributed by atoms with Gasteiger partial charge in [-0.05, 0) is 24.3 Å². The van der Waals surface area contributed by atoms with E-state index in [4.69, 9.17) is 11.6 Å². The summed E-state index contributed by atoms with van der Waals surface area (Å²) in [5.74, 6) is -1.72. The van der Waals surface area contributed by atoms with Crippen molar-refractivity contribution in [2.75, 3.05) is 7.11 Å². The largest absolute Gasteiger partial charge is 0.464 e. The minimum atomic E-state index is -4.17. The van der Waals surface area contributed by atoms with E-state index in [2.05, 4.69) is 9.72 Å². The van der Waals surface area contributed by atoms with Crippen molar-refractivity contribution in [3.05, 3.63) is 59.1 Å². The third-order valence-corrected chi connectivity index (χ3v) is 5.30. The zero-order valence-corrected chi connectivity index (χ0v) is 13.8. The molecule has 0 atom stereocenters. The van der Waals surface area contributed by atoms with Gasteiger partial charge in [-0.25, -0.2) is 26.6 Å². The van der Waals surface area contributed by atoms with Gasteiger partial charge in [0.1, 0.15) is 5.69 Å². The molecule has 0 saturated carbocycles. The first kappa shape index (κ1) is 16.4. The van der Waals surface area contributed by atoms with Crippen LogP contribution in [0.4, 0.5) is 4.39 Å². The van der Waals surface area contributed by atoms with Crippen molar-refractivity contribution in [2.45, 2.75) is 4.90 Å². The monoisotopic (exact) mass is 368 g/mol. The molecule has 24 heavy (non-hydrogen) atoms. The third kappa shape index (κ3) is 2.53. The van der Waals surface area contributed by atoms with E-state index in [1.807, 2.05) is 0 Å². The van der Waals surface area contributed by atoms with Crippen LogP contribution in [-0.4, -0.2) is 30.5 Å². The van der Waals surface area contributed by atoms with Crippen molar-refractivity contribution in [2.24, 2.45) is 0 Å². The van der Waals surface area contributed by atoms with E-state index in [9.17, 15) is 17.6 Å². The van der Waals surface area contributed by atoms with Gasteiger partial charge in [0, 0.05) is 5.39 Å². The fraction of sp³-hybridized carbons (Fsp3) is 0.0667. The summed E-state index contributed by atoms with van der Waals surface area (Å²) in [6.07, 6.45) is 0. The summed E-state index contributed by atoms with van der Waals surface area (Å²) in [4.78, 5) is 15.7. The molecule has 0 amide bonds. The van der Waals surface area contributed by atoms with E-state index in [0.29, 0.717) is 3.97 Å². The summed E-state index contributed by atoms with van der Waals surface area (Å²) < 4.78 is 44.8. The Kier molecular flexibility index (Phi) is 4.02. The van der Waals surface area contributed by atoms with Crippen molar-refractivity contribution in [1.29, 1.82) is 0 Å². The van der Waals surface area contributed by atoms with Crippen molar-refractivity contribution in [1.82, 2.24) is 8.96 Å². The fourth-order valence-electron chi connectivity index (χ4n) is 2.25. The predicted octanol–water partition coefficient (Wildman–Crippen LogP) is 2.85. The average molecular weight is 369 g/mol. The molecule has 6 nitrogen and oxygen atoms in total. The maximum Gasteiger partial charge on any atom is 0.355 e. The number of ether oxygens (including phenoxy) is 1. The lowest BCUT2D eigenvalue weighted by Gasteiger charge is -2.10. The molecular weight excluding hydrogens is 359 g/mol. The van der Waals surface area contributed by atoms with Crippen molar-refractivity contribution in [3.63, 3.8) is 0 Å². The normalized spacial score (nSPS) is 11.6. The zero-order valence-electron chi connectivity index (χ0n) is 12.2. The molecule has 0 aliphatic rings. The first-order valence-corrected chi connectivity index (χ1v) is 8.44. The van der Waals surface area contributed by atoms with Crippen molar-refractivity contribution in [3.8, 4) is 0 Å². The summed E-state index contributed by atoms with van der Waals surface area (Å²) in [6, 6.07) is 9.66. The topological polar surface area (TPSA) is 78.3 Å². The van der Waals surface area contributed by atoms with Crippen LogP contribution in [0.2, 0.25) is 5.15 Å². The number of benzene rings is 1. The number of pyridine rings is 1.